The maximum absolute atomic E-state index is 13.7. The van der Waals surface area contributed by atoms with Crippen LogP contribution in [-0.4, -0.2) is 53.2 Å². The first-order valence-corrected chi connectivity index (χ1v) is 17.1. The Morgan fingerprint density at radius 2 is 1.64 bits per heavy atom. The van der Waals surface area contributed by atoms with Crippen LogP contribution in [-0.2, 0) is 25.9 Å². The van der Waals surface area contributed by atoms with Crippen LogP contribution < -0.4 is 23.2 Å². The fourth-order valence-corrected chi connectivity index (χ4v) is 5.94. The number of anilines is 1. The monoisotopic (exact) mass is 710 g/mol. The Morgan fingerprint density at radius 1 is 1.00 bits per heavy atom. The van der Waals surface area contributed by atoms with Crippen molar-refractivity contribution in [2.45, 2.75) is 51.7 Å². The molecule has 254 valence electrons. The second-order valence-corrected chi connectivity index (χ2v) is 14.6. The number of aromatic nitrogens is 1. The SMILES string of the molecule is COc1ccc([C@H](Cc2c(Cl)c[n+]([O-])cc2Cl)OC(=O)c2ccc(N(C(=O)OC(C)(C)C)S(C)(=O)=O)c(OCC3CC3)c2)cc1OC. The molecular formula is C32H36Cl2N2O10S. The second kappa shape index (κ2) is 14.4. The number of rotatable bonds is 12. The largest absolute Gasteiger partial charge is 0.619 e. The number of nitrogens with zero attached hydrogens (tertiary/aromatic N) is 2. The highest BCUT2D eigenvalue weighted by Gasteiger charge is 2.34. The summed E-state index contributed by atoms with van der Waals surface area (Å²) in [5.74, 6) is 0.237. The van der Waals surface area contributed by atoms with E-state index in [1.807, 2.05) is 0 Å². The van der Waals surface area contributed by atoms with Crippen LogP contribution >= 0.6 is 23.2 Å². The Morgan fingerprint density at radius 3 is 2.19 bits per heavy atom. The molecule has 12 nitrogen and oxygen atoms in total. The van der Waals surface area contributed by atoms with Gasteiger partial charge in [-0.3, -0.25) is 0 Å². The predicted molar refractivity (Wildman–Crippen MR) is 175 cm³/mol. The van der Waals surface area contributed by atoms with Gasteiger partial charge in [-0.2, -0.15) is 9.04 Å². The summed E-state index contributed by atoms with van der Waals surface area (Å²) >= 11 is 12.7. The Kier molecular flexibility index (Phi) is 11.0. The van der Waals surface area contributed by atoms with Gasteiger partial charge in [-0.1, -0.05) is 29.3 Å². The van der Waals surface area contributed by atoms with Crippen molar-refractivity contribution < 1.29 is 46.4 Å². The van der Waals surface area contributed by atoms with Crippen LogP contribution in [0.5, 0.6) is 17.2 Å². The molecule has 3 aromatic rings. The van der Waals surface area contributed by atoms with Crippen molar-refractivity contribution in [3.63, 3.8) is 0 Å². The second-order valence-electron chi connectivity index (χ2n) is 11.9. The van der Waals surface area contributed by atoms with Gasteiger partial charge >= 0.3 is 12.1 Å². The number of esters is 1. The molecule has 0 radical (unpaired) electrons. The molecule has 0 unspecified atom stereocenters. The van der Waals surface area contributed by atoms with Crippen molar-refractivity contribution >= 4 is 51.0 Å². The lowest BCUT2D eigenvalue weighted by atomic mass is 10.0. The van der Waals surface area contributed by atoms with Gasteiger partial charge in [0.2, 0.25) is 10.0 Å². The average molecular weight is 712 g/mol. The molecule has 0 spiro atoms. The van der Waals surface area contributed by atoms with Crippen molar-refractivity contribution in [2.24, 2.45) is 5.92 Å². The zero-order valence-electron chi connectivity index (χ0n) is 26.7. The fraction of sp³-hybridized carbons (Fsp3) is 0.406. The van der Waals surface area contributed by atoms with Crippen LogP contribution in [0.1, 0.15) is 61.2 Å². The minimum Gasteiger partial charge on any atom is -0.619 e. The molecule has 1 saturated carbocycles. The van der Waals surface area contributed by atoms with E-state index >= 15 is 0 Å². The minimum absolute atomic E-state index is 0.00492. The molecule has 1 aliphatic carbocycles. The molecule has 1 atom stereocenters. The van der Waals surface area contributed by atoms with Crippen LogP contribution in [0.15, 0.2) is 48.8 Å². The number of amides is 1. The number of carbonyl (C=O) groups excluding carboxylic acids is 2. The topological polar surface area (TPSA) is 145 Å². The lowest BCUT2D eigenvalue weighted by Crippen LogP contribution is -2.40. The number of benzene rings is 2. The molecule has 0 aliphatic heterocycles. The highest BCUT2D eigenvalue weighted by molar-refractivity contribution is 7.92. The van der Waals surface area contributed by atoms with Gasteiger partial charge in [0.05, 0.1) is 32.6 Å². The number of methoxy groups -OCH3 is 2. The Bertz CT molecular complexity index is 1730. The van der Waals surface area contributed by atoms with Gasteiger partial charge in [0.25, 0.3) is 0 Å². The van der Waals surface area contributed by atoms with E-state index < -0.39 is 33.8 Å². The van der Waals surface area contributed by atoms with E-state index in [1.165, 1.54) is 32.4 Å². The molecule has 1 fully saturated rings. The third-order valence-electron chi connectivity index (χ3n) is 6.95. The van der Waals surface area contributed by atoms with Crippen molar-refractivity contribution in [3.8, 4) is 17.2 Å². The van der Waals surface area contributed by atoms with Crippen molar-refractivity contribution in [1.82, 2.24) is 0 Å². The summed E-state index contributed by atoms with van der Waals surface area (Å²) in [5.41, 5.74) is -0.249. The number of ether oxygens (including phenoxy) is 5. The molecule has 15 heteroatoms. The molecule has 1 amide bonds. The van der Waals surface area contributed by atoms with Gasteiger partial charge in [-0.15, -0.1) is 0 Å². The Hall–Kier alpha value is -3.94. The maximum atomic E-state index is 13.7. The van der Waals surface area contributed by atoms with E-state index in [2.05, 4.69) is 0 Å². The van der Waals surface area contributed by atoms with Crippen LogP contribution in [0, 0.1) is 11.1 Å². The maximum Gasteiger partial charge on any atom is 0.429 e. The van der Waals surface area contributed by atoms with E-state index in [-0.39, 0.29) is 46.0 Å². The molecule has 1 aromatic heterocycles. The highest BCUT2D eigenvalue weighted by Crippen LogP contribution is 2.38. The lowest BCUT2D eigenvalue weighted by molar-refractivity contribution is -0.605. The average Bonchev–Trinajstić information content (AvgIpc) is 3.80. The Balaban J connectivity index is 1.75. The van der Waals surface area contributed by atoms with E-state index in [9.17, 15) is 23.2 Å². The molecule has 2 aromatic carbocycles. The first-order valence-electron chi connectivity index (χ1n) is 14.5. The quantitative estimate of drug-likeness (QED) is 0.120. The summed E-state index contributed by atoms with van der Waals surface area (Å²) in [4.78, 5) is 26.8. The fourth-order valence-electron chi connectivity index (χ4n) is 4.52. The zero-order chi connectivity index (χ0) is 34.7. The molecule has 1 aliphatic rings. The number of hydrogen-bond acceptors (Lipinski definition) is 10. The van der Waals surface area contributed by atoms with Crippen LogP contribution in [0.2, 0.25) is 10.0 Å². The van der Waals surface area contributed by atoms with Crippen molar-refractivity contribution in [1.29, 1.82) is 0 Å². The molecule has 1 heterocycles. The number of hydrogen-bond donors (Lipinski definition) is 0. The normalized spacial score (nSPS) is 13.8. The van der Waals surface area contributed by atoms with Crippen LogP contribution in [0.3, 0.4) is 0 Å². The highest BCUT2D eigenvalue weighted by atomic mass is 35.5. The van der Waals surface area contributed by atoms with Gasteiger partial charge < -0.3 is 28.9 Å². The summed E-state index contributed by atoms with van der Waals surface area (Å²) in [7, 11) is -1.25. The number of sulfonamides is 1. The van der Waals surface area contributed by atoms with Crippen LogP contribution in [0.4, 0.5) is 10.5 Å². The summed E-state index contributed by atoms with van der Waals surface area (Å²) < 4.78 is 54.8. The third-order valence-corrected chi connectivity index (χ3v) is 8.61. The number of halogens is 2. The van der Waals surface area contributed by atoms with E-state index in [1.54, 1.807) is 39.0 Å². The van der Waals surface area contributed by atoms with Gasteiger partial charge in [0, 0.05) is 12.0 Å². The number of pyridine rings is 1. The first kappa shape index (κ1) is 35.9. The predicted octanol–water partition coefficient (Wildman–Crippen LogP) is 6.27. The molecule has 0 saturated heterocycles. The zero-order valence-corrected chi connectivity index (χ0v) is 29.1. The van der Waals surface area contributed by atoms with E-state index in [4.69, 9.17) is 46.9 Å². The molecular weight excluding hydrogens is 675 g/mol. The van der Waals surface area contributed by atoms with Crippen molar-refractivity contribution in [3.05, 3.63) is 80.7 Å². The van der Waals surface area contributed by atoms with Crippen molar-refractivity contribution in [2.75, 3.05) is 31.4 Å². The summed E-state index contributed by atoms with van der Waals surface area (Å²) in [6, 6.07) is 8.87. The standard InChI is InChI=1S/C32H36Cl2N2O10S/c1-32(2,3)46-31(38)36(47(6,40)41)25-11-9-21(14-28(25)44-18-19-7-8-19)30(37)45-27(15-22-23(33)16-35(39)17-24(22)34)20-10-12-26(42-4)29(13-20)43-5/h9-14,16-17,19,27H,7-8,15,18H2,1-6H3/t27-/m0/s1. The van der Waals surface area contributed by atoms with Crippen LogP contribution in [0.25, 0.3) is 0 Å². The van der Waals surface area contributed by atoms with E-state index in [0.29, 0.717) is 31.7 Å². The minimum atomic E-state index is -4.19. The van der Waals surface area contributed by atoms with Gasteiger partial charge in [0.1, 0.15) is 33.2 Å². The van der Waals surface area contributed by atoms with E-state index in [0.717, 1.165) is 31.5 Å². The Labute approximate surface area is 283 Å². The lowest BCUT2D eigenvalue weighted by Gasteiger charge is -2.27. The molecule has 0 bridgehead atoms. The first-order chi connectivity index (χ1) is 22.0. The molecule has 4 rings (SSSR count). The third kappa shape index (κ3) is 9.33. The van der Waals surface area contributed by atoms with Gasteiger partial charge in [-0.05, 0) is 75.4 Å². The molecule has 47 heavy (non-hydrogen) atoms. The van der Waals surface area contributed by atoms with Gasteiger partial charge in [-0.25, -0.2) is 18.0 Å². The summed E-state index contributed by atoms with van der Waals surface area (Å²) in [6.07, 6.45) is 2.86. The summed E-state index contributed by atoms with van der Waals surface area (Å²) in [6.45, 7) is 5.07. The number of carbonyl (C=O) groups is 2. The summed E-state index contributed by atoms with van der Waals surface area (Å²) in [5, 5.41) is 12.0. The molecule has 0 N–H and O–H groups in total. The van der Waals surface area contributed by atoms with Gasteiger partial charge in [0.15, 0.2) is 23.9 Å². The smallest absolute Gasteiger partial charge is 0.429 e.